The first-order valence-corrected chi connectivity index (χ1v) is 9.30. The fourth-order valence-corrected chi connectivity index (χ4v) is 3.86. The molecular weight excluding hydrogens is 388 g/mol. The predicted octanol–water partition coefficient (Wildman–Crippen LogP) is 4.21. The van der Waals surface area contributed by atoms with Gasteiger partial charge in [-0.25, -0.2) is 0 Å². The van der Waals surface area contributed by atoms with Crippen molar-refractivity contribution in [1.29, 1.82) is 0 Å². The molecule has 2 aromatic heterocycles. The molecule has 5 rings (SSSR count). The van der Waals surface area contributed by atoms with Crippen molar-refractivity contribution in [2.45, 2.75) is 19.3 Å². The number of aromatic hydroxyl groups is 2. The van der Waals surface area contributed by atoms with Crippen molar-refractivity contribution in [2.75, 3.05) is 0 Å². The molecular formula is C23H16O7. The topological polar surface area (TPSA) is 110 Å². The molecule has 7 heteroatoms. The summed E-state index contributed by atoms with van der Waals surface area (Å²) in [6.07, 6.45) is 1.32. The van der Waals surface area contributed by atoms with E-state index < -0.39 is 17.3 Å². The lowest BCUT2D eigenvalue weighted by Gasteiger charge is -2.24. The molecule has 3 heterocycles. The number of fused-ring (bicyclic) bond motifs is 3. The first-order chi connectivity index (χ1) is 14.4. The minimum absolute atomic E-state index is 0.00875. The molecule has 0 fully saturated rings. The highest BCUT2D eigenvalue weighted by Crippen LogP contribution is 2.45. The predicted molar refractivity (Wildman–Crippen MR) is 107 cm³/mol. The molecule has 0 amide bonds. The van der Waals surface area contributed by atoms with Gasteiger partial charge in [0.25, 0.3) is 0 Å². The molecule has 1 aliphatic heterocycles. The van der Waals surface area contributed by atoms with Crippen molar-refractivity contribution in [1.82, 2.24) is 0 Å². The van der Waals surface area contributed by atoms with Crippen LogP contribution in [-0.4, -0.2) is 16.2 Å². The van der Waals surface area contributed by atoms with E-state index in [1.807, 2.05) is 0 Å². The van der Waals surface area contributed by atoms with Gasteiger partial charge in [-0.3, -0.25) is 9.59 Å². The zero-order valence-corrected chi connectivity index (χ0v) is 15.8. The number of hydrogen-bond acceptors (Lipinski definition) is 7. The molecule has 0 unspecified atom stereocenters. The Kier molecular flexibility index (Phi) is 3.92. The number of phenols is 2. The third kappa shape index (κ3) is 2.75. The summed E-state index contributed by atoms with van der Waals surface area (Å²) in [5, 5.41) is 20.0. The van der Waals surface area contributed by atoms with Crippen LogP contribution in [0.15, 0.2) is 62.4 Å². The van der Waals surface area contributed by atoms with Crippen LogP contribution >= 0.6 is 0 Å². The van der Waals surface area contributed by atoms with Crippen LogP contribution in [0.25, 0.3) is 22.1 Å². The smallest absolute Gasteiger partial charge is 0.312 e. The highest BCUT2D eigenvalue weighted by molar-refractivity contribution is 5.94. The van der Waals surface area contributed by atoms with E-state index in [0.717, 1.165) is 0 Å². The first kappa shape index (κ1) is 18.1. The van der Waals surface area contributed by atoms with Crippen LogP contribution < -0.4 is 10.2 Å². The lowest BCUT2D eigenvalue weighted by atomic mass is 9.88. The fraction of sp³-hybridized carbons (Fsp3) is 0.130. The van der Waals surface area contributed by atoms with E-state index in [0.29, 0.717) is 22.6 Å². The Labute approximate surface area is 169 Å². The average Bonchev–Trinajstić information content (AvgIpc) is 3.14. The summed E-state index contributed by atoms with van der Waals surface area (Å²) in [4.78, 5) is 25.4. The van der Waals surface area contributed by atoms with Crippen molar-refractivity contribution in [3.05, 3.63) is 76.0 Å². The van der Waals surface area contributed by atoms with Crippen molar-refractivity contribution in [3.63, 3.8) is 0 Å². The van der Waals surface area contributed by atoms with Crippen LogP contribution in [0, 0.1) is 6.92 Å². The Hall–Kier alpha value is -4.00. The van der Waals surface area contributed by atoms with Crippen LogP contribution in [0.3, 0.4) is 0 Å². The van der Waals surface area contributed by atoms with Gasteiger partial charge in [-0.05, 0) is 36.8 Å². The summed E-state index contributed by atoms with van der Waals surface area (Å²) in [5.74, 6) is 0.105. The number of phenolic OH excluding ortho intramolecular Hbond substituents is 2. The third-order valence-electron chi connectivity index (χ3n) is 5.25. The highest BCUT2D eigenvalue weighted by atomic mass is 16.5. The number of hydrogen-bond donors (Lipinski definition) is 2. The molecule has 2 aromatic carbocycles. The number of carbonyl (C=O) groups is 1. The van der Waals surface area contributed by atoms with Crippen molar-refractivity contribution >= 4 is 16.9 Å². The van der Waals surface area contributed by atoms with Gasteiger partial charge in [0.2, 0.25) is 5.43 Å². The van der Waals surface area contributed by atoms with Crippen molar-refractivity contribution < 1.29 is 28.6 Å². The number of rotatable bonds is 2. The van der Waals surface area contributed by atoms with Crippen LogP contribution in [0.1, 0.15) is 29.4 Å². The second kappa shape index (κ2) is 6.52. The number of furan rings is 1. The Balaban J connectivity index is 1.78. The fourth-order valence-electron chi connectivity index (χ4n) is 3.86. The lowest BCUT2D eigenvalue weighted by molar-refractivity contribution is -0.135. The minimum atomic E-state index is -0.513. The zero-order chi connectivity index (χ0) is 21.0. The van der Waals surface area contributed by atoms with Gasteiger partial charge in [0, 0.05) is 11.6 Å². The molecule has 0 saturated heterocycles. The molecule has 1 atom stereocenters. The number of ether oxygens (including phenoxy) is 1. The largest absolute Gasteiger partial charge is 0.508 e. The van der Waals surface area contributed by atoms with Crippen LogP contribution in [0.4, 0.5) is 0 Å². The number of carbonyl (C=O) groups excluding carboxylic acids is 1. The summed E-state index contributed by atoms with van der Waals surface area (Å²) in [5.41, 5.74) is 0.949. The molecule has 4 aromatic rings. The second-order valence-electron chi connectivity index (χ2n) is 7.22. The van der Waals surface area contributed by atoms with Crippen LogP contribution in [-0.2, 0) is 4.79 Å². The molecule has 150 valence electrons. The van der Waals surface area contributed by atoms with Crippen LogP contribution in [0.5, 0.6) is 17.2 Å². The van der Waals surface area contributed by atoms with Gasteiger partial charge in [0.15, 0.2) is 0 Å². The van der Waals surface area contributed by atoms with Gasteiger partial charge in [0.05, 0.1) is 17.9 Å². The Bertz CT molecular complexity index is 1360. The number of esters is 1. The lowest BCUT2D eigenvalue weighted by Crippen LogP contribution is -2.21. The Morgan fingerprint density at radius 1 is 1.03 bits per heavy atom. The van der Waals surface area contributed by atoms with E-state index in [1.165, 1.54) is 24.5 Å². The Morgan fingerprint density at radius 3 is 2.50 bits per heavy atom. The second-order valence-corrected chi connectivity index (χ2v) is 7.22. The molecule has 1 aliphatic rings. The van der Waals surface area contributed by atoms with E-state index in [9.17, 15) is 19.8 Å². The maximum absolute atomic E-state index is 13.2. The molecule has 0 saturated carbocycles. The van der Waals surface area contributed by atoms with E-state index >= 15 is 0 Å². The SMILES string of the molecule is Cc1ccc([C@@H]2CC(=O)Oc3cc(O)c4c(=O)c(-c5ccc(O)cc5)coc4c32)o1. The maximum Gasteiger partial charge on any atom is 0.312 e. The standard InChI is InChI=1S/C23H16O7/c1-11-2-7-17(29-11)14-8-19(26)30-18-9-16(25)21-22(27)15(10-28-23(21)20(14)18)12-3-5-13(24)6-4-12/h2-7,9-10,14,24-25H,8H2,1H3/t14-/m0/s1. The van der Waals surface area contributed by atoms with Gasteiger partial charge in [-0.1, -0.05) is 12.1 Å². The Morgan fingerprint density at radius 2 is 1.80 bits per heavy atom. The molecule has 0 spiro atoms. The highest BCUT2D eigenvalue weighted by Gasteiger charge is 2.35. The van der Waals surface area contributed by atoms with Crippen LogP contribution in [0.2, 0.25) is 0 Å². The molecule has 0 aliphatic carbocycles. The molecule has 30 heavy (non-hydrogen) atoms. The van der Waals surface area contributed by atoms with E-state index in [2.05, 4.69) is 0 Å². The summed E-state index contributed by atoms with van der Waals surface area (Å²) in [6.45, 7) is 1.80. The monoisotopic (exact) mass is 404 g/mol. The van der Waals surface area contributed by atoms with E-state index in [4.69, 9.17) is 13.6 Å². The third-order valence-corrected chi connectivity index (χ3v) is 5.25. The minimum Gasteiger partial charge on any atom is -0.508 e. The maximum atomic E-state index is 13.2. The van der Waals surface area contributed by atoms with Gasteiger partial charge in [0.1, 0.15) is 46.0 Å². The van der Waals surface area contributed by atoms with E-state index in [1.54, 1.807) is 31.2 Å². The number of aryl methyl sites for hydroxylation is 1. The summed E-state index contributed by atoms with van der Waals surface area (Å²) < 4.78 is 16.9. The average molecular weight is 404 g/mol. The summed E-state index contributed by atoms with van der Waals surface area (Å²) >= 11 is 0. The van der Waals surface area contributed by atoms with Gasteiger partial charge in [-0.15, -0.1) is 0 Å². The van der Waals surface area contributed by atoms with Gasteiger partial charge < -0.3 is 23.8 Å². The van der Waals surface area contributed by atoms with E-state index in [-0.39, 0.29) is 40.2 Å². The zero-order valence-electron chi connectivity index (χ0n) is 15.8. The molecule has 7 nitrogen and oxygen atoms in total. The molecule has 2 N–H and O–H groups in total. The van der Waals surface area contributed by atoms with Crippen molar-refractivity contribution in [3.8, 4) is 28.4 Å². The van der Waals surface area contributed by atoms with Crippen molar-refractivity contribution in [2.24, 2.45) is 0 Å². The van der Waals surface area contributed by atoms with Gasteiger partial charge in [-0.2, -0.15) is 0 Å². The number of benzene rings is 2. The normalized spacial score (nSPS) is 15.8. The quantitative estimate of drug-likeness (QED) is 0.380. The summed E-state index contributed by atoms with van der Waals surface area (Å²) in [6, 6.07) is 10.9. The first-order valence-electron chi connectivity index (χ1n) is 9.30. The summed E-state index contributed by atoms with van der Waals surface area (Å²) in [7, 11) is 0. The molecule has 0 bridgehead atoms. The molecule has 0 radical (unpaired) electrons. The van der Waals surface area contributed by atoms with Gasteiger partial charge >= 0.3 is 5.97 Å².